The van der Waals surface area contributed by atoms with Gasteiger partial charge in [-0.2, -0.15) is 0 Å². The van der Waals surface area contributed by atoms with Crippen LogP contribution in [-0.2, 0) is 18.4 Å². The van der Waals surface area contributed by atoms with Gasteiger partial charge in [-0.25, -0.2) is 0 Å². The Morgan fingerprint density at radius 3 is 2.07 bits per heavy atom. The normalized spacial score (nSPS) is 12.7. The van der Waals surface area contributed by atoms with Gasteiger partial charge in [0.05, 0.1) is 0 Å². The highest BCUT2D eigenvalue weighted by Gasteiger charge is 2.20. The van der Waals surface area contributed by atoms with Crippen molar-refractivity contribution in [3.8, 4) is 5.75 Å². The van der Waals surface area contributed by atoms with E-state index >= 15 is 0 Å². The lowest BCUT2D eigenvalue weighted by Crippen LogP contribution is -2.23. The molecule has 0 fully saturated rings. The topological polar surface area (TPSA) is 32.3 Å². The molecule has 0 spiro atoms. The lowest BCUT2D eigenvalue weighted by molar-refractivity contribution is 0.432. The fourth-order valence-corrected chi connectivity index (χ4v) is 3.42. The zero-order valence-electron chi connectivity index (χ0n) is 16.4. The maximum absolute atomic E-state index is 10.8. The molecule has 0 saturated heterocycles. The molecule has 0 aliphatic carbocycles. The molecule has 0 heterocycles. The number of para-hydroxylation sites is 1. The Labute approximate surface area is 162 Å². The molecule has 2 N–H and O–H groups in total. The first-order chi connectivity index (χ1) is 12.9. The Hall–Kier alpha value is -2.58. The van der Waals surface area contributed by atoms with E-state index in [4.69, 9.17) is 0 Å². The van der Waals surface area contributed by atoms with Crippen LogP contribution in [0.4, 0.5) is 0 Å². The van der Waals surface area contributed by atoms with Crippen LogP contribution in [0.1, 0.15) is 49.1 Å². The van der Waals surface area contributed by atoms with Gasteiger partial charge in [0.2, 0.25) is 0 Å². The monoisotopic (exact) mass is 359 g/mol. The van der Waals surface area contributed by atoms with Crippen molar-refractivity contribution >= 4 is 0 Å². The average molecular weight is 360 g/mol. The van der Waals surface area contributed by atoms with Gasteiger partial charge in [0, 0.05) is 18.2 Å². The largest absolute Gasteiger partial charge is 0.507 e. The Morgan fingerprint density at radius 1 is 0.815 bits per heavy atom. The van der Waals surface area contributed by atoms with E-state index in [9.17, 15) is 5.11 Å². The Balaban J connectivity index is 1.81. The highest BCUT2D eigenvalue weighted by molar-refractivity contribution is 5.44. The van der Waals surface area contributed by atoms with Crippen LogP contribution in [0.3, 0.4) is 0 Å². The standard InChI is InChI=1S/C25H29NO/c1-25(2,3)22-16-10-15-21(24(22)27)18-26-23(20-13-8-5-9-14-20)17-19-11-6-4-7-12-19/h4-16,23,26-27H,17-18H2,1-3H3/t23-/m0/s1. The lowest BCUT2D eigenvalue weighted by atomic mass is 9.85. The Morgan fingerprint density at radius 2 is 1.44 bits per heavy atom. The molecule has 1 atom stereocenters. The second-order valence-electron chi connectivity index (χ2n) is 8.10. The summed E-state index contributed by atoms with van der Waals surface area (Å²) in [6.45, 7) is 7.01. The molecular formula is C25H29NO. The van der Waals surface area contributed by atoms with Crippen molar-refractivity contribution in [1.29, 1.82) is 0 Å². The molecule has 0 aliphatic heterocycles. The van der Waals surface area contributed by atoms with Crippen LogP contribution in [0.2, 0.25) is 0 Å². The third kappa shape index (κ3) is 4.99. The number of benzene rings is 3. The number of rotatable bonds is 6. The number of hydrogen-bond donors (Lipinski definition) is 2. The molecule has 3 aromatic rings. The van der Waals surface area contributed by atoms with Crippen LogP contribution in [0, 0.1) is 0 Å². The number of phenols is 1. The molecule has 3 aromatic carbocycles. The zero-order valence-corrected chi connectivity index (χ0v) is 16.4. The summed E-state index contributed by atoms with van der Waals surface area (Å²) in [5.41, 5.74) is 4.40. The fourth-order valence-electron chi connectivity index (χ4n) is 3.42. The van der Waals surface area contributed by atoms with E-state index in [0.29, 0.717) is 12.3 Å². The summed E-state index contributed by atoms with van der Waals surface area (Å²) in [6, 6.07) is 27.3. The predicted molar refractivity (Wildman–Crippen MR) is 113 cm³/mol. The van der Waals surface area contributed by atoms with Gasteiger partial charge in [-0.05, 0) is 28.5 Å². The molecule has 2 heteroatoms. The van der Waals surface area contributed by atoms with Crippen molar-refractivity contribution in [2.24, 2.45) is 0 Å². The molecule has 0 radical (unpaired) electrons. The maximum Gasteiger partial charge on any atom is 0.123 e. The first-order valence-corrected chi connectivity index (χ1v) is 9.59. The predicted octanol–water partition coefficient (Wildman–Crippen LogP) is 5.76. The summed E-state index contributed by atoms with van der Waals surface area (Å²) in [4.78, 5) is 0. The SMILES string of the molecule is CC(C)(C)c1cccc(CN[C@@H](Cc2ccccc2)c2ccccc2)c1O. The van der Waals surface area contributed by atoms with Gasteiger partial charge in [0.1, 0.15) is 5.75 Å². The highest BCUT2D eigenvalue weighted by atomic mass is 16.3. The molecule has 0 bridgehead atoms. The van der Waals surface area contributed by atoms with E-state index in [1.807, 2.05) is 30.3 Å². The molecule has 2 nitrogen and oxygen atoms in total. The number of nitrogens with one attached hydrogen (secondary N) is 1. The molecule has 0 unspecified atom stereocenters. The van der Waals surface area contributed by atoms with Gasteiger partial charge < -0.3 is 10.4 Å². The van der Waals surface area contributed by atoms with Crippen LogP contribution in [0.15, 0.2) is 78.9 Å². The molecule has 0 saturated carbocycles. The first kappa shape index (κ1) is 19.2. The van der Waals surface area contributed by atoms with Crippen molar-refractivity contribution in [2.45, 2.75) is 45.2 Å². The fraction of sp³-hybridized carbons (Fsp3) is 0.280. The second kappa shape index (κ2) is 8.41. The highest BCUT2D eigenvalue weighted by Crippen LogP contribution is 2.33. The minimum Gasteiger partial charge on any atom is -0.507 e. The minimum absolute atomic E-state index is 0.0804. The average Bonchev–Trinajstić information content (AvgIpc) is 2.66. The van der Waals surface area contributed by atoms with E-state index in [-0.39, 0.29) is 11.5 Å². The van der Waals surface area contributed by atoms with E-state index in [1.54, 1.807) is 0 Å². The quantitative estimate of drug-likeness (QED) is 0.586. The first-order valence-electron chi connectivity index (χ1n) is 9.59. The number of hydrogen-bond acceptors (Lipinski definition) is 2. The smallest absolute Gasteiger partial charge is 0.123 e. The van der Waals surface area contributed by atoms with Crippen LogP contribution in [0.25, 0.3) is 0 Å². The van der Waals surface area contributed by atoms with Gasteiger partial charge >= 0.3 is 0 Å². The molecule has 0 amide bonds. The van der Waals surface area contributed by atoms with Crippen molar-refractivity contribution in [3.63, 3.8) is 0 Å². The van der Waals surface area contributed by atoms with Crippen molar-refractivity contribution < 1.29 is 5.11 Å². The Bertz CT molecular complexity index is 850. The summed E-state index contributed by atoms with van der Waals surface area (Å²) < 4.78 is 0. The van der Waals surface area contributed by atoms with Gasteiger partial charge in [-0.15, -0.1) is 0 Å². The van der Waals surface area contributed by atoms with E-state index in [2.05, 4.69) is 74.6 Å². The second-order valence-corrected chi connectivity index (χ2v) is 8.10. The zero-order chi connectivity index (χ0) is 19.3. The van der Waals surface area contributed by atoms with Crippen LogP contribution in [-0.4, -0.2) is 5.11 Å². The van der Waals surface area contributed by atoms with Crippen LogP contribution < -0.4 is 5.32 Å². The molecule has 0 aromatic heterocycles. The molecule has 3 rings (SSSR count). The summed E-state index contributed by atoms with van der Waals surface area (Å²) in [5, 5.41) is 14.4. The maximum atomic E-state index is 10.8. The van der Waals surface area contributed by atoms with Gasteiger partial charge in [-0.3, -0.25) is 0 Å². The van der Waals surface area contributed by atoms with Crippen LogP contribution >= 0.6 is 0 Å². The summed E-state index contributed by atoms with van der Waals surface area (Å²) in [6.07, 6.45) is 0.907. The van der Waals surface area contributed by atoms with Crippen molar-refractivity contribution in [2.75, 3.05) is 0 Å². The van der Waals surface area contributed by atoms with Crippen molar-refractivity contribution in [1.82, 2.24) is 5.32 Å². The molecule has 27 heavy (non-hydrogen) atoms. The summed E-state index contributed by atoms with van der Waals surface area (Å²) in [7, 11) is 0. The van der Waals surface area contributed by atoms with E-state index in [1.165, 1.54) is 11.1 Å². The molecular weight excluding hydrogens is 330 g/mol. The van der Waals surface area contributed by atoms with E-state index in [0.717, 1.165) is 17.5 Å². The minimum atomic E-state index is -0.0804. The number of phenolic OH excluding ortho intramolecular Hbond substituents is 1. The third-order valence-electron chi connectivity index (χ3n) is 4.95. The van der Waals surface area contributed by atoms with Gasteiger partial charge in [0.15, 0.2) is 0 Å². The van der Waals surface area contributed by atoms with Crippen LogP contribution in [0.5, 0.6) is 5.75 Å². The molecule has 0 aliphatic rings. The summed E-state index contributed by atoms with van der Waals surface area (Å²) >= 11 is 0. The van der Waals surface area contributed by atoms with Gasteiger partial charge in [0.25, 0.3) is 0 Å². The van der Waals surface area contributed by atoms with Gasteiger partial charge in [-0.1, -0.05) is 99.6 Å². The van der Waals surface area contributed by atoms with Crippen molar-refractivity contribution in [3.05, 3.63) is 101 Å². The number of aromatic hydroxyl groups is 1. The molecule has 140 valence electrons. The third-order valence-corrected chi connectivity index (χ3v) is 4.95. The lowest BCUT2D eigenvalue weighted by Gasteiger charge is -2.23. The van der Waals surface area contributed by atoms with E-state index < -0.39 is 0 Å². The summed E-state index contributed by atoms with van der Waals surface area (Å²) in [5.74, 6) is 0.407. The Kier molecular flexibility index (Phi) is 5.98.